The highest BCUT2D eigenvalue weighted by Gasteiger charge is 2.51. The number of carbonyl (C=O) groups excluding carboxylic acids is 2. The Kier molecular flexibility index (Phi) is 7.34. The summed E-state index contributed by atoms with van der Waals surface area (Å²) < 4.78 is 38.3. The summed E-state index contributed by atoms with van der Waals surface area (Å²) in [6.45, 7) is 6.49. The first-order valence-corrected chi connectivity index (χ1v) is 14.3. The molecule has 11 heteroatoms. The van der Waals surface area contributed by atoms with Crippen molar-refractivity contribution in [2.24, 2.45) is 5.41 Å². The summed E-state index contributed by atoms with van der Waals surface area (Å²) >= 11 is 0. The topological polar surface area (TPSA) is 110 Å². The molecular formula is C31H35F2N5O4. The Labute approximate surface area is 243 Å². The molecule has 2 aromatic heterocycles. The Balaban J connectivity index is 1.16. The summed E-state index contributed by atoms with van der Waals surface area (Å²) in [7, 11) is 0. The number of rotatable bonds is 8. The molecule has 1 spiro atoms. The van der Waals surface area contributed by atoms with Crippen LogP contribution in [0.5, 0.6) is 0 Å². The maximum absolute atomic E-state index is 14.3. The van der Waals surface area contributed by atoms with Gasteiger partial charge in [0, 0.05) is 42.9 Å². The van der Waals surface area contributed by atoms with Crippen LogP contribution in [0.15, 0.2) is 53.2 Å². The van der Waals surface area contributed by atoms with Gasteiger partial charge in [-0.2, -0.15) is 0 Å². The van der Waals surface area contributed by atoms with Gasteiger partial charge in [0.15, 0.2) is 11.5 Å². The van der Waals surface area contributed by atoms with Crippen LogP contribution < -0.4 is 10.6 Å². The van der Waals surface area contributed by atoms with Gasteiger partial charge in [-0.3, -0.25) is 19.5 Å². The van der Waals surface area contributed by atoms with E-state index in [2.05, 4.69) is 25.7 Å². The van der Waals surface area contributed by atoms with Gasteiger partial charge in [-0.05, 0) is 63.8 Å². The van der Waals surface area contributed by atoms with E-state index < -0.39 is 28.6 Å². The number of likely N-dealkylation sites (tertiary alicyclic amines) is 1. The third kappa shape index (κ3) is 5.67. The number of hydrogen-bond acceptors (Lipinski definition) is 7. The van der Waals surface area contributed by atoms with Crippen molar-refractivity contribution in [1.29, 1.82) is 0 Å². The second kappa shape index (κ2) is 10.9. The van der Waals surface area contributed by atoms with Crippen LogP contribution in [0.2, 0.25) is 0 Å². The lowest BCUT2D eigenvalue weighted by Crippen LogP contribution is -2.73. The first kappa shape index (κ1) is 28.4. The molecule has 4 heterocycles. The van der Waals surface area contributed by atoms with E-state index in [4.69, 9.17) is 9.26 Å². The number of amides is 2. The van der Waals surface area contributed by atoms with Gasteiger partial charge in [0.25, 0.3) is 5.91 Å². The fraction of sp³-hybridized carbons (Fsp3) is 0.484. The van der Waals surface area contributed by atoms with E-state index in [0.29, 0.717) is 24.5 Å². The monoisotopic (exact) mass is 579 g/mol. The highest BCUT2D eigenvalue weighted by molar-refractivity contribution is 5.94. The number of benzene rings is 1. The van der Waals surface area contributed by atoms with Gasteiger partial charge in [0.2, 0.25) is 5.91 Å². The third-order valence-corrected chi connectivity index (χ3v) is 8.93. The Morgan fingerprint density at radius 3 is 2.50 bits per heavy atom. The predicted molar refractivity (Wildman–Crippen MR) is 149 cm³/mol. The molecule has 222 valence electrons. The molecular weight excluding hydrogens is 544 g/mol. The van der Waals surface area contributed by atoms with E-state index in [1.807, 2.05) is 32.0 Å². The molecule has 2 saturated heterocycles. The van der Waals surface area contributed by atoms with Crippen LogP contribution in [0.4, 0.5) is 8.78 Å². The van der Waals surface area contributed by atoms with Crippen molar-refractivity contribution in [2.75, 3.05) is 26.3 Å². The van der Waals surface area contributed by atoms with E-state index in [9.17, 15) is 18.4 Å². The van der Waals surface area contributed by atoms with E-state index in [1.54, 1.807) is 6.20 Å². The quantitative estimate of drug-likeness (QED) is 0.412. The normalized spacial score (nSPS) is 20.0. The van der Waals surface area contributed by atoms with Crippen LogP contribution in [0, 0.1) is 17.0 Å². The van der Waals surface area contributed by atoms with Crippen molar-refractivity contribution in [2.45, 2.75) is 63.1 Å². The Morgan fingerprint density at radius 1 is 1.10 bits per heavy atom. The van der Waals surface area contributed by atoms with E-state index in [0.717, 1.165) is 56.7 Å². The minimum absolute atomic E-state index is 0.00412. The van der Waals surface area contributed by atoms with Crippen molar-refractivity contribution in [1.82, 2.24) is 25.7 Å². The number of carbonyl (C=O) groups is 2. The molecule has 42 heavy (non-hydrogen) atoms. The number of hydrogen-bond donors (Lipinski definition) is 2. The first-order chi connectivity index (χ1) is 20.1. The van der Waals surface area contributed by atoms with Gasteiger partial charge < -0.3 is 19.9 Å². The van der Waals surface area contributed by atoms with Gasteiger partial charge in [-0.25, -0.2) is 8.78 Å². The minimum atomic E-state index is -0.823. The van der Waals surface area contributed by atoms with Gasteiger partial charge in [0.1, 0.15) is 11.6 Å². The fourth-order valence-corrected chi connectivity index (χ4v) is 6.48. The van der Waals surface area contributed by atoms with Crippen molar-refractivity contribution < 1.29 is 27.6 Å². The molecule has 0 bridgehead atoms. The molecule has 3 fully saturated rings. The zero-order valence-electron chi connectivity index (χ0n) is 23.8. The number of aromatic nitrogens is 2. The van der Waals surface area contributed by atoms with E-state index in [1.165, 1.54) is 12.1 Å². The highest BCUT2D eigenvalue weighted by atomic mass is 19.1. The molecule has 9 nitrogen and oxygen atoms in total. The lowest BCUT2D eigenvalue weighted by molar-refractivity contribution is -0.145. The maximum Gasteiger partial charge on any atom is 0.274 e. The molecule has 1 aliphatic carbocycles. The largest absolute Gasteiger partial charge is 0.380 e. The zero-order valence-corrected chi connectivity index (χ0v) is 23.8. The summed E-state index contributed by atoms with van der Waals surface area (Å²) in [5.41, 5.74) is -0.531. The number of halogens is 2. The van der Waals surface area contributed by atoms with E-state index in [-0.39, 0.29) is 29.3 Å². The second-order valence-corrected chi connectivity index (χ2v) is 12.6. The van der Waals surface area contributed by atoms with Crippen LogP contribution in [-0.2, 0) is 15.1 Å². The maximum atomic E-state index is 14.3. The molecule has 0 unspecified atom stereocenters. The average molecular weight is 580 g/mol. The molecule has 0 atom stereocenters. The number of pyridine rings is 1. The summed E-state index contributed by atoms with van der Waals surface area (Å²) in [6.07, 6.45) is 6.10. The van der Waals surface area contributed by atoms with Gasteiger partial charge in [-0.1, -0.05) is 11.2 Å². The highest BCUT2D eigenvalue weighted by Crippen LogP contribution is 2.45. The van der Waals surface area contributed by atoms with E-state index >= 15 is 0 Å². The minimum Gasteiger partial charge on any atom is -0.380 e. The molecule has 2 amide bonds. The molecule has 3 aromatic rings. The standard InChI is InChI=1S/C31H35F2N5O4/c1-29(2,26-5-3-4-12-34-26)35-27(39)15-31(16-38(17-31)21-8-10-30(11-9-21)18-41-19-30)36-28(40)24-14-25(42-37-24)22-7-6-20(32)13-23(22)33/h3-7,12-14,21H,8-11,15-19H2,1-2H3,(H,35,39)(H,36,40). The predicted octanol–water partition coefficient (Wildman–Crippen LogP) is 4.20. The summed E-state index contributed by atoms with van der Waals surface area (Å²) in [4.78, 5) is 33.5. The summed E-state index contributed by atoms with van der Waals surface area (Å²) in [6, 6.07) is 10.3. The molecule has 1 aromatic carbocycles. The smallest absolute Gasteiger partial charge is 0.274 e. The lowest BCUT2D eigenvalue weighted by atomic mass is 9.70. The van der Waals surface area contributed by atoms with Gasteiger partial charge >= 0.3 is 0 Å². The zero-order chi connectivity index (χ0) is 29.5. The second-order valence-electron chi connectivity index (χ2n) is 12.6. The van der Waals surface area contributed by atoms with Crippen molar-refractivity contribution in [3.05, 3.63) is 71.7 Å². The SMILES string of the molecule is CC(C)(NC(=O)CC1(NC(=O)c2cc(-c3ccc(F)cc3F)on2)CN(C2CCC3(CC2)COC3)C1)c1ccccn1. The Bertz CT molecular complexity index is 1460. The van der Waals surface area contributed by atoms with Crippen LogP contribution in [0.25, 0.3) is 11.3 Å². The number of ether oxygens (including phenoxy) is 1. The van der Waals surface area contributed by atoms with Gasteiger partial charge in [0.05, 0.1) is 42.0 Å². The number of nitrogens with zero attached hydrogens (tertiary/aromatic N) is 3. The molecule has 2 aliphatic heterocycles. The molecule has 2 N–H and O–H groups in total. The Morgan fingerprint density at radius 2 is 1.86 bits per heavy atom. The summed E-state index contributed by atoms with van der Waals surface area (Å²) in [5.74, 6) is -2.27. The first-order valence-electron chi connectivity index (χ1n) is 14.3. The van der Waals surface area contributed by atoms with Crippen molar-refractivity contribution in [3.8, 4) is 11.3 Å². The fourth-order valence-electron chi connectivity index (χ4n) is 6.48. The molecule has 0 radical (unpaired) electrons. The number of nitrogens with one attached hydrogen (secondary N) is 2. The lowest BCUT2D eigenvalue weighted by Gasteiger charge is -2.56. The molecule has 6 rings (SSSR count). The van der Waals surface area contributed by atoms with Crippen LogP contribution in [0.1, 0.15) is 62.1 Å². The van der Waals surface area contributed by atoms with Crippen LogP contribution in [-0.4, -0.2) is 64.7 Å². The molecule has 3 aliphatic rings. The summed E-state index contributed by atoms with van der Waals surface area (Å²) in [5, 5.41) is 9.96. The van der Waals surface area contributed by atoms with Gasteiger partial charge in [-0.15, -0.1) is 0 Å². The molecule has 1 saturated carbocycles. The van der Waals surface area contributed by atoms with Crippen molar-refractivity contribution >= 4 is 11.8 Å². The van der Waals surface area contributed by atoms with Crippen molar-refractivity contribution in [3.63, 3.8) is 0 Å². The van der Waals surface area contributed by atoms with Crippen LogP contribution >= 0.6 is 0 Å². The Hall–Kier alpha value is -3.70. The average Bonchev–Trinajstić information content (AvgIpc) is 3.41. The van der Waals surface area contributed by atoms with Crippen LogP contribution in [0.3, 0.4) is 0 Å². The third-order valence-electron chi connectivity index (χ3n) is 8.93.